The van der Waals surface area contributed by atoms with Crippen molar-refractivity contribution in [2.75, 3.05) is 38.6 Å². The van der Waals surface area contributed by atoms with Crippen LogP contribution in [0.25, 0.3) is 10.8 Å². The maximum atomic E-state index is 13.5. The Labute approximate surface area is 204 Å². The highest BCUT2D eigenvalue weighted by atomic mass is 35.5. The van der Waals surface area contributed by atoms with Crippen molar-refractivity contribution in [3.63, 3.8) is 0 Å². The lowest BCUT2D eigenvalue weighted by Gasteiger charge is -2.54. The highest BCUT2D eigenvalue weighted by Crippen LogP contribution is 2.37. The van der Waals surface area contributed by atoms with Gasteiger partial charge >= 0.3 is 12.3 Å². The highest BCUT2D eigenvalue weighted by Gasteiger charge is 2.48. The zero-order chi connectivity index (χ0) is 25.4. The number of benzene rings is 1. The number of carbonyl (C=O) groups excluding carboxylic acids is 1. The summed E-state index contributed by atoms with van der Waals surface area (Å²) in [4.78, 5) is 20.0. The molecule has 1 unspecified atom stereocenters. The van der Waals surface area contributed by atoms with E-state index < -0.39 is 24.2 Å². The molecule has 2 aromatic heterocycles. The molecule has 4 rings (SSSR count). The molecule has 1 amide bonds. The fraction of sp³-hybridized carbons (Fsp3) is 0.455. The van der Waals surface area contributed by atoms with E-state index in [9.17, 15) is 18.0 Å². The zero-order valence-electron chi connectivity index (χ0n) is 19.4. The number of rotatable bonds is 7. The molecular formula is C22H25ClF3N7O2. The summed E-state index contributed by atoms with van der Waals surface area (Å²) in [7, 11) is 5.24. The van der Waals surface area contributed by atoms with Crippen LogP contribution in [0.5, 0.6) is 0 Å². The normalized spacial score (nSPS) is 16.3. The lowest BCUT2D eigenvalue weighted by molar-refractivity contribution is -0.209. The summed E-state index contributed by atoms with van der Waals surface area (Å²) in [5.74, 6) is 0.307. The van der Waals surface area contributed by atoms with Crippen LogP contribution in [-0.4, -0.2) is 76.2 Å². The third-order valence-corrected chi connectivity index (χ3v) is 6.60. The van der Waals surface area contributed by atoms with Gasteiger partial charge in [-0.1, -0.05) is 35.9 Å². The lowest BCUT2D eigenvalue weighted by atomic mass is 9.84. The van der Waals surface area contributed by atoms with E-state index in [0.29, 0.717) is 30.5 Å². The molecule has 1 aliphatic heterocycles. The number of nitrogens with zero attached hydrogens (tertiary/aromatic N) is 6. The van der Waals surface area contributed by atoms with Crippen LogP contribution in [0, 0.1) is 0 Å². The summed E-state index contributed by atoms with van der Waals surface area (Å²) >= 11 is 6.18. The van der Waals surface area contributed by atoms with Gasteiger partial charge in [0.1, 0.15) is 0 Å². The predicted molar refractivity (Wildman–Crippen MR) is 124 cm³/mol. The van der Waals surface area contributed by atoms with Gasteiger partial charge < -0.3 is 24.4 Å². The molecule has 3 heterocycles. The molecule has 0 spiro atoms. The van der Waals surface area contributed by atoms with Gasteiger partial charge in [0.05, 0.1) is 5.54 Å². The van der Waals surface area contributed by atoms with Crippen molar-refractivity contribution in [3.05, 3.63) is 47.6 Å². The second kappa shape index (κ2) is 9.50. The Morgan fingerprint density at radius 3 is 2.54 bits per heavy atom. The molecule has 1 N–H and O–H groups in total. The van der Waals surface area contributed by atoms with E-state index in [1.54, 1.807) is 0 Å². The number of ether oxygens (including phenoxy) is 1. The second-order valence-corrected chi connectivity index (χ2v) is 9.09. The first-order chi connectivity index (χ1) is 16.5. The van der Waals surface area contributed by atoms with Crippen molar-refractivity contribution >= 4 is 34.3 Å². The van der Waals surface area contributed by atoms with Crippen molar-refractivity contribution in [1.82, 2.24) is 30.0 Å². The largest absolute Gasteiger partial charge is 0.433 e. The fourth-order valence-corrected chi connectivity index (χ4v) is 4.41. The number of amides is 1. The van der Waals surface area contributed by atoms with E-state index in [4.69, 9.17) is 16.3 Å². The maximum absolute atomic E-state index is 13.5. The molecule has 0 saturated carbocycles. The van der Waals surface area contributed by atoms with Gasteiger partial charge in [-0.05, 0) is 20.5 Å². The number of aromatic nitrogens is 4. The number of anilines is 1. The van der Waals surface area contributed by atoms with Crippen LogP contribution in [0.15, 0.2) is 36.7 Å². The van der Waals surface area contributed by atoms with E-state index in [1.807, 2.05) is 43.3 Å². The molecule has 0 aliphatic carbocycles. The summed E-state index contributed by atoms with van der Waals surface area (Å²) in [6.45, 7) is 1.31. The van der Waals surface area contributed by atoms with E-state index in [2.05, 4.69) is 25.4 Å². The summed E-state index contributed by atoms with van der Waals surface area (Å²) < 4.78 is 46.2. The third-order valence-electron chi connectivity index (χ3n) is 6.32. The molecule has 9 nitrogen and oxygen atoms in total. The number of nitrogens with one attached hydrogen (secondary N) is 1. The molecule has 1 aromatic carbocycles. The Balaban J connectivity index is 1.38. The van der Waals surface area contributed by atoms with E-state index >= 15 is 0 Å². The Morgan fingerprint density at radius 1 is 1.26 bits per heavy atom. The third kappa shape index (κ3) is 4.98. The molecule has 1 atom stereocenters. The van der Waals surface area contributed by atoms with Gasteiger partial charge in [0, 0.05) is 49.8 Å². The average molecular weight is 512 g/mol. The van der Waals surface area contributed by atoms with Gasteiger partial charge in [0.25, 0.3) is 6.10 Å². The first-order valence-corrected chi connectivity index (χ1v) is 11.2. The molecule has 35 heavy (non-hydrogen) atoms. The number of fused-ring (bicyclic) bond motifs is 1. The first-order valence-electron chi connectivity index (χ1n) is 10.8. The number of aryl methyl sites for hydroxylation is 1. The zero-order valence-corrected chi connectivity index (χ0v) is 20.1. The fourth-order valence-electron chi connectivity index (χ4n) is 4.21. The summed E-state index contributed by atoms with van der Waals surface area (Å²) in [5, 5.41) is 12.8. The molecule has 1 saturated heterocycles. The van der Waals surface area contributed by atoms with Crippen LogP contribution in [-0.2, 0) is 11.8 Å². The van der Waals surface area contributed by atoms with Gasteiger partial charge in [-0.25, -0.2) is 9.78 Å². The molecule has 3 aromatic rings. The van der Waals surface area contributed by atoms with E-state index in [0.717, 1.165) is 10.8 Å². The first kappa shape index (κ1) is 25.0. The standard InChI is InChI=1S/C22H25ClF3N7O2/c1-31(2)21(12-33(13-21)18-15-7-5-4-6-14(15)17(23)29-30-18)8-9-28-20(34)35-16(22(24,25)26)19-27-10-11-32(19)3/h4-7,10-11,16H,8-9,12-13H2,1-3H3,(H,28,34). The molecule has 0 bridgehead atoms. The summed E-state index contributed by atoms with van der Waals surface area (Å²) in [6.07, 6.45) is -5.35. The quantitative estimate of drug-likeness (QED) is 0.519. The molecule has 1 fully saturated rings. The Bertz CT molecular complexity index is 1210. The van der Waals surface area contributed by atoms with Crippen molar-refractivity contribution in [2.45, 2.75) is 24.2 Å². The van der Waals surface area contributed by atoms with Crippen LogP contribution in [0.3, 0.4) is 0 Å². The average Bonchev–Trinajstić information content (AvgIpc) is 3.19. The monoisotopic (exact) mass is 511 g/mol. The van der Waals surface area contributed by atoms with Crippen LogP contribution < -0.4 is 10.2 Å². The number of likely N-dealkylation sites (N-methyl/N-ethyl adjacent to an activating group) is 1. The van der Waals surface area contributed by atoms with Gasteiger partial charge in [-0.3, -0.25) is 0 Å². The Morgan fingerprint density at radius 2 is 1.94 bits per heavy atom. The number of hydrogen-bond donors (Lipinski definition) is 1. The van der Waals surface area contributed by atoms with Crippen LogP contribution >= 0.6 is 11.6 Å². The van der Waals surface area contributed by atoms with Gasteiger partial charge in [-0.2, -0.15) is 13.2 Å². The van der Waals surface area contributed by atoms with Crippen molar-refractivity contribution in [1.29, 1.82) is 0 Å². The summed E-state index contributed by atoms with van der Waals surface area (Å²) in [6, 6.07) is 7.58. The Kier molecular flexibility index (Phi) is 6.78. The minimum absolute atomic E-state index is 0.128. The molecule has 13 heteroatoms. The smallest absolute Gasteiger partial charge is 0.428 e. The minimum Gasteiger partial charge on any atom is -0.428 e. The van der Waals surface area contributed by atoms with E-state index in [1.165, 1.54) is 24.0 Å². The van der Waals surface area contributed by atoms with Gasteiger partial charge in [0.15, 0.2) is 16.8 Å². The van der Waals surface area contributed by atoms with E-state index in [-0.39, 0.29) is 12.1 Å². The topological polar surface area (TPSA) is 88.4 Å². The number of hydrogen-bond acceptors (Lipinski definition) is 7. The number of carbonyl (C=O) groups is 1. The van der Waals surface area contributed by atoms with Crippen molar-refractivity contribution in [2.24, 2.45) is 7.05 Å². The van der Waals surface area contributed by atoms with Crippen molar-refractivity contribution in [3.8, 4) is 0 Å². The SMILES string of the molecule is CN(C)C1(CCNC(=O)OC(c2nccn2C)C(F)(F)F)CN(c2nnc(Cl)c3ccccc23)C1. The van der Waals surface area contributed by atoms with Gasteiger partial charge in [-0.15, -0.1) is 10.2 Å². The van der Waals surface area contributed by atoms with Crippen molar-refractivity contribution < 1.29 is 22.7 Å². The lowest BCUT2D eigenvalue weighted by Crippen LogP contribution is -2.69. The molecule has 188 valence electrons. The predicted octanol–water partition coefficient (Wildman–Crippen LogP) is 3.56. The van der Waals surface area contributed by atoms with Crippen LogP contribution in [0.4, 0.5) is 23.8 Å². The number of halogens is 4. The Hall–Kier alpha value is -3.12. The maximum Gasteiger partial charge on any atom is 0.433 e. The number of imidazole rings is 1. The highest BCUT2D eigenvalue weighted by molar-refractivity contribution is 6.34. The van der Waals surface area contributed by atoms with Gasteiger partial charge in [0.2, 0.25) is 0 Å². The number of alkyl carbamates (subject to hydrolysis) is 1. The molecular weight excluding hydrogens is 487 g/mol. The summed E-state index contributed by atoms with van der Waals surface area (Å²) in [5.41, 5.74) is -0.321. The second-order valence-electron chi connectivity index (χ2n) is 8.73. The molecule has 0 radical (unpaired) electrons. The van der Waals surface area contributed by atoms with Crippen LogP contribution in [0.2, 0.25) is 5.15 Å². The molecule has 1 aliphatic rings. The number of alkyl halides is 3. The minimum atomic E-state index is -4.79. The van der Waals surface area contributed by atoms with Crippen LogP contribution in [0.1, 0.15) is 18.3 Å².